The number of rotatable bonds is 5. The number of aryl methyl sites for hydroxylation is 1. The highest BCUT2D eigenvalue weighted by atomic mass is 79.9. The second-order valence-corrected chi connectivity index (χ2v) is 6.07. The molecule has 0 saturated carbocycles. The number of nitrogens with zero attached hydrogens (tertiary/aromatic N) is 1. The molecular weight excluding hydrogens is 316 g/mol. The largest absolute Gasteiger partial charge is 0.395 e. The summed E-state index contributed by atoms with van der Waals surface area (Å²) in [7, 11) is 0. The van der Waals surface area contributed by atoms with Crippen molar-refractivity contribution in [1.82, 2.24) is 4.98 Å². The number of aromatic nitrogens is 1. The van der Waals surface area contributed by atoms with Crippen LogP contribution in [-0.4, -0.2) is 23.2 Å². The van der Waals surface area contributed by atoms with Crippen LogP contribution in [0.1, 0.15) is 16.8 Å². The molecule has 2 rings (SSSR count). The molecule has 0 radical (unpaired) electrons. The lowest BCUT2D eigenvalue weighted by Crippen LogP contribution is -2.41. The van der Waals surface area contributed by atoms with Gasteiger partial charge in [0, 0.05) is 34.7 Å². The van der Waals surface area contributed by atoms with Gasteiger partial charge in [0.15, 0.2) is 0 Å². The fraction of sp³-hybridized carbons (Fsp3) is 0.312. The maximum Gasteiger partial charge on any atom is 0.0543 e. The second kappa shape index (κ2) is 6.48. The number of aliphatic hydroxyl groups is 1. The summed E-state index contributed by atoms with van der Waals surface area (Å²) in [5.41, 5.74) is 8.66. The zero-order valence-electron chi connectivity index (χ0n) is 11.5. The van der Waals surface area contributed by atoms with Crippen LogP contribution in [-0.2, 0) is 11.8 Å². The summed E-state index contributed by atoms with van der Waals surface area (Å²) in [6.07, 6.45) is 2.39. The number of hydrogen-bond acceptors (Lipinski definition) is 3. The predicted molar refractivity (Wildman–Crippen MR) is 84.6 cm³/mol. The minimum absolute atomic E-state index is 0.00427. The van der Waals surface area contributed by atoms with Crippen LogP contribution < -0.4 is 5.73 Å². The molecule has 1 aromatic heterocycles. The van der Waals surface area contributed by atoms with Gasteiger partial charge in [-0.3, -0.25) is 4.98 Å². The molecule has 1 atom stereocenters. The third kappa shape index (κ3) is 3.26. The van der Waals surface area contributed by atoms with Crippen molar-refractivity contribution in [3.63, 3.8) is 0 Å². The van der Waals surface area contributed by atoms with Crippen LogP contribution in [0.25, 0.3) is 0 Å². The first-order valence-electron chi connectivity index (χ1n) is 6.58. The molecule has 4 heteroatoms. The molecule has 1 aromatic carbocycles. The molecule has 106 valence electrons. The van der Waals surface area contributed by atoms with Gasteiger partial charge in [0.1, 0.15) is 0 Å². The summed E-state index contributed by atoms with van der Waals surface area (Å²) >= 11 is 3.38. The molecule has 0 bridgehead atoms. The summed E-state index contributed by atoms with van der Waals surface area (Å²) in [6, 6.07) is 12.1. The first-order valence-corrected chi connectivity index (χ1v) is 7.37. The monoisotopic (exact) mass is 334 g/mol. The van der Waals surface area contributed by atoms with Crippen LogP contribution in [0.5, 0.6) is 0 Å². The van der Waals surface area contributed by atoms with Gasteiger partial charge < -0.3 is 10.8 Å². The highest BCUT2D eigenvalue weighted by molar-refractivity contribution is 9.10. The maximum atomic E-state index is 9.90. The number of nitrogens with two attached hydrogens (primary N) is 1. The Labute approximate surface area is 128 Å². The SMILES string of the molecule is Cc1ccc(C(CN)(CO)Cc2ccc(Br)cn2)cc1. The van der Waals surface area contributed by atoms with E-state index < -0.39 is 5.41 Å². The second-order valence-electron chi connectivity index (χ2n) is 5.15. The quantitative estimate of drug-likeness (QED) is 0.883. The van der Waals surface area contributed by atoms with Gasteiger partial charge in [-0.2, -0.15) is 0 Å². The van der Waals surface area contributed by atoms with Crippen LogP contribution in [0.4, 0.5) is 0 Å². The number of benzene rings is 1. The van der Waals surface area contributed by atoms with Gasteiger partial charge in [-0.25, -0.2) is 0 Å². The van der Waals surface area contributed by atoms with Gasteiger partial charge in [0.25, 0.3) is 0 Å². The van der Waals surface area contributed by atoms with Crippen LogP contribution in [0, 0.1) is 6.92 Å². The average molecular weight is 335 g/mol. The van der Waals surface area contributed by atoms with Crippen molar-refractivity contribution in [2.24, 2.45) is 5.73 Å². The normalized spacial score (nSPS) is 14.0. The molecule has 3 nitrogen and oxygen atoms in total. The van der Waals surface area contributed by atoms with E-state index in [4.69, 9.17) is 5.73 Å². The van der Waals surface area contributed by atoms with Crippen LogP contribution in [0.3, 0.4) is 0 Å². The van der Waals surface area contributed by atoms with Crippen molar-refractivity contribution in [2.75, 3.05) is 13.2 Å². The standard InChI is InChI=1S/C16H19BrN2O/c1-12-2-4-13(5-3-12)16(10-18,11-20)8-15-7-6-14(17)9-19-15/h2-7,9,20H,8,10-11,18H2,1H3. The summed E-state index contributed by atoms with van der Waals surface area (Å²) in [5, 5.41) is 9.90. The average Bonchev–Trinajstić information content (AvgIpc) is 2.48. The van der Waals surface area contributed by atoms with E-state index in [1.807, 2.05) is 43.3 Å². The van der Waals surface area contributed by atoms with Gasteiger partial charge in [-0.15, -0.1) is 0 Å². The van der Waals surface area contributed by atoms with Crippen molar-refractivity contribution in [2.45, 2.75) is 18.8 Å². The van der Waals surface area contributed by atoms with E-state index >= 15 is 0 Å². The summed E-state index contributed by atoms with van der Waals surface area (Å²) in [4.78, 5) is 4.39. The molecular formula is C16H19BrN2O. The smallest absolute Gasteiger partial charge is 0.0543 e. The lowest BCUT2D eigenvalue weighted by Gasteiger charge is -2.31. The van der Waals surface area contributed by atoms with E-state index in [9.17, 15) is 5.11 Å². The van der Waals surface area contributed by atoms with Crippen LogP contribution >= 0.6 is 15.9 Å². The molecule has 0 amide bonds. The Morgan fingerprint density at radius 2 is 1.90 bits per heavy atom. The van der Waals surface area contributed by atoms with E-state index in [1.54, 1.807) is 6.20 Å². The molecule has 1 heterocycles. The molecule has 0 aliphatic carbocycles. The van der Waals surface area contributed by atoms with E-state index in [0.717, 1.165) is 15.7 Å². The lowest BCUT2D eigenvalue weighted by atomic mass is 9.77. The zero-order chi connectivity index (χ0) is 14.6. The van der Waals surface area contributed by atoms with Crippen LogP contribution in [0.2, 0.25) is 0 Å². The Bertz CT molecular complexity index is 548. The first kappa shape index (κ1) is 15.2. The van der Waals surface area contributed by atoms with Gasteiger partial charge >= 0.3 is 0 Å². The minimum atomic E-state index is -0.478. The summed E-state index contributed by atoms with van der Waals surface area (Å²) < 4.78 is 0.943. The Hall–Kier alpha value is -1.23. The van der Waals surface area contributed by atoms with E-state index in [0.29, 0.717) is 13.0 Å². The lowest BCUT2D eigenvalue weighted by molar-refractivity contribution is 0.195. The molecule has 0 aliphatic rings. The number of aliphatic hydroxyl groups excluding tert-OH is 1. The third-order valence-corrected chi connectivity index (χ3v) is 4.13. The highest BCUT2D eigenvalue weighted by Gasteiger charge is 2.31. The summed E-state index contributed by atoms with van der Waals surface area (Å²) in [6.45, 7) is 2.43. The Morgan fingerprint density at radius 1 is 1.20 bits per heavy atom. The number of halogens is 1. The van der Waals surface area contributed by atoms with Crippen molar-refractivity contribution in [3.8, 4) is 0 Å². The van der Waals surface area contributed by atoms with Gasteiger partial charge in [-0.05, 0) is 40.5 Å². The fourth-order valence-electron chi connectivity index (χ4n) is 2.27. The Kier molecular flexibility index (Phi) is 4.91. The maximum absolute atomic E-state index is 9.90. The third-order valence-electron chi connectivity index (χ3n) is 3.67. The van der Waals surface area contributed by atoms with Gasteiger partial charge in [-0.1, -0.05) is 29.8 Å². The number of pyridine rings is 1. The minimum Gasteiger partial charge on any atom is -0.395 e. The highest BCUT2D eigenvalue weighted by Crippen LogP contribution is 2.27. The van der Waals surface area contributed by atoms with Crippen molar-refractivity contribution >= 4 is 15.9 Å². The molecule has 20 heavy (non-hydrogen) atoms. The van der Waals surface area contributed by atoms with Gasteiger partial charge in [0.05, 0.1) is 6.61 Å². The molecule has 0 fully saturated rings. The van der Waals surface area contributed by atoms with Crippen molar-refractivity contribution < 1.29 is 5.11 Å². The molecule has 1 unspecified atom stereocenters. The zero-order valence-corrected chi connectivity index (χ0v) is 13.1. The molecule has 2 aromatic rings. The number of hydrogen-bond donors (Lipinski definition) is 2. The van der Waals surface area contributed by atoms with Crippen LogP contribution in [0.15, 0.2) is 47.1 Å². The van der Waals surface area contributed by atoms with E-state index in [1.165, 1.54) is 5.56 Å². The first-order chi connectivity index (χ1) is 9.59. The van der Waals surface area contributed by atoms with Crippen molar-refractivity contribution in [3.05, 3.63) is 63.9 Å². The Morgan fingerprint density at radius 3 is 2.40 bits per heavy atom. The van der Waals surface area contributed by atoms with Gasteiger partial charge in [0.2, 0.25) is 0 Å². The van der Waals surface area contributed by atoms with E-state index in [2.05, 4.69) is 20.9 Å². The molecule has 3 N–H and O–H groups in total. The van der Waals surface area contributed by atoms with E-state index in [-0.39, 0.29) is 6.61 Å². The summed E-state index contributed by atoms with van der Waals surface area (Å²) in [5.74, 6) is 0. The predicted octanol–water partition coefficient (Wildman–Crippen LogP) is 2.58. The molecule has 0 saturated heterocycles. The topological polar surface area (TPSA) is 59.1 Å². The Balaban J connectivity index is 2.33. The molecule has 0 aliphatic heterocycles. The molecule has 0 spiro atoms. The fourth-order valence-corrected chi connectivity index (χ4v) is 2.50. The van der Waals surface area contributed by atoms with Crippen molar-refractivity contribution in [1.29, 1.82) is 0 Å².